The van der Waals surface area contributed by atoms with Crippen LogP contribution in [0.15, 0.2) is 12.1 Å². The van der Waals surface area contributed by atoms with E-state index < -0.39 is 0 Å². The molecule has 2 rings (SSSR count). The van der Waals surface area contributed by atoms with Crippen molar-refractivity contribution in [1.82, 2.24) is 5.32 Å². The summed E-state index contributed by atoms with van der Waals surface area (Å²) >= 11 is 6.21. The predicted molar refractivity (Wildman–Crippen MR) is 86.2 cm³/mol. The summed E-state index contributed by atoms with van der Waals surface area (Å²) in [5.74, 6) is 0.865. The van der Waals surface area contributed by atoms with E-state index in [2.05, 4.69) is 30.1 Å². The third kappa shape index (κ3) is 3.21. The number of halogens is 1. The molecule has 1 fully saturated rings. The Balaban J connectivity index is 2.30. The van der Waals surface area contributed by atoms with Gasteiger partial charge in [-0.25, -0.2) is 0 Å². The molecule has 0 aliphatic carbocycles. The molecule has 0 saturated carbocycles. The fourth-order valence-electron chi connectivity index (χ4n) is 2.84. The minimum absolute atomic E-state index is 0.456. The molecule has 1 aromatic rings. The van der Waals surface area contributed by atoms with Gasteiger partial charge in [0.2, 0.25) is 0 Å². The van der Waals surface area contributed by atoms with E-state index in [4.69, 9.17) is 16.3 Å². The van der Waals surface area contributed by atoms with Crippen LogP contribution in [0.5, 0.6) is 5.75 Å². The van der Waals surface area contributed by atoms with Crippen molar-refractivity contribution in [2.45, 2.75) is 45.7 Å². The standard InChI is InChI=1S/C16H25ClN2O/c1-5-6-13-10-19(12(3)9-18-13)15-7-11(2)14(17)8-16(15)20-4/h7-8,12-13,18H,5-6,9-10H2,1-4H3. The van der Waals surface area contributed by atoms with Gasteiger partial charge in [0.15, 0.2) is 0 Å². The number of methoxy groups -OCH3 is 1. The molecule has 0 aromatic heterocycles. The Bertz CT molecular complexity index is 464. The first-order chi connectivity index (χ1) is 9.56. The van der Waals surface area contributed by atoms with Gasteiger partial charge < -0.3 is 15.0 Å². The summed E-state index contributed by atoms with van der Waals surface area (Å²) in [6.45, 7) is 8.55. The van der Waals surface area contributed by atoms with Gasteiger partial charge >= 0.3 is 0 Å². The van der Waals surface area contributed by atoms with E-state index in [0.717, 1.165) is 35.1 Å². The highest BCUT2D eigenvalue weighted by Gasteiger charge is 2.27. The minimum atomic E-state index is 0.456. The van der Waals surface area contributed by atoms with Crippen molar-refractivity contribution in [3.05, 3.63) is 22.7 Å². The second-order valence-corrected chi connectivity index (χ2v) is 6.08. The lowest BCUT2D eigenvalue weighted by Crippen LogP contribution is -2.55. The van der Waals surface area contributed by atoms with Crippen molar-refractivity contribution in [3.63, 3.8) is 0 Å². The summed E-state index contributed by atoms with van der Waals surface area (Å²) in [6, 6.07) is 5.08. The Morgan fingerprint density at radius 2 is 2.20 bits per heavy atom. The lowest BCUT2D eigenvalue weighted by Gasteiger charge is -2.41. The normalized spacial score (nSPS) is 22.9. The molecule has 1 aromatic carbocycles. The highest BCUT2D eigenvalue weighted by molar-refractivity contribution is 6.31. The van der Waals surface area contributed by atoms with Gasteiger partial charge in [0, 0.05) is 36.3 Å². The van der Waals surface area contributed by atoms with Crippen LogP contribution < -0.4 is 15.0 Å². The number of hydrogen-bond acceptors (Lipinski definition) is 3. The van der Waals surface area contributed by atoms with Gasteiger partial charge in [-0.2, -0.15) is 0 Å². The van der Waals surface area contributed by atoms with Gasteiger partial charge in [0.05, 0.1) is 12.8 Å². The molecule has 4 heteroatoms. The fourth-order valence-corrected chi connectivity index (χ4v) is 3.00. The number of piperazine rings is 1. The molecule has 1 saturated heterocycles. The number of hydrogen-bond donors (Lipinski definition) is 1. The van der Waals surface area contributed by atoms with Gasteiger partial charge in [-0.15, -0.1) is 0 Å². The monoisotopic (exact) mass is 296 g/mol. The van der Waals surface area contributed by atoms with Crippen LogP contribution in [0.3, 0.4) is 0 Å². The number of anilines is 1. The van der Waals surface area contributed by atoms with Crippen molar-refractivity contribution in [1.29, 1.82) is 0 Å². The van der Waals surface area contributed by atoms with E-state index in [1.54, 1.807) is 7.11 Å². The van der Waals surface area contributed by atoms with Crippen LogP contribution in [0, 0.1) is 6.92 Å². The molecule has 0 amide bonds. The molecule has 0 spiro atoms. The van der Waals surface area contributed by atoms with Crippen molar-refractivity contribution in [2.75, 3.05) is 25.1 Å². The molecule has 1 N–H and O–H groups in total. The van der Waals surface area contributed by atoms with Gasteiger partial charge in [-0.1, -0.05) is 24.9 Å². The quantitative estimate of drug-likeness (QED) is 0.918. The van der Waals surface area contributed by atoms with Crippen LogP contribution in [0.1, 0.15) is 32.3 Å². The summed E-state index contributed by atoms with van der Waals surface area (Å²) in [5, 5.41) is 4.39. The summed E-state index contributed by atoms with van der Waals surface area (Å²) < 4.78 is 5.53. The zero-order valence-corrected chi connectivity index (χ0v) is 13.6. The molecule has 2 unspecified atom stereocenters. The number of rotatable bonds is 4. The van der Waals surface area contributed by atoms with E-state index in [9.17, 15) is 0 Å². The number of aryl methyl sites for hydroxylation is 1. The van der Waals surface area contributed by atoms with Crippen molar-refractivity contribution in [2.24, 2.45) is 0 Å². The Morgan fingerprint density at radius 3 is 2.85 bits per heavy atom. The Hall–Kier alpha value is -0.930. The number of nitrogens with one attached hydrogen (secondary N) is 1. The van der Waals surface area contributed by atoms with Crippen LogP contribution >= 0.6 is 11.6 Å². The second kappa shape index (κ2) is 6.68. The zero-order chi connectivity index (χ0) is 14.7. The van der Waals surface area contributed by atoms with Gasteiger partial charge in [-0.05, 0) is 31.9 Å². The Labute approximate surface area is 127 Å². The first kappa shape index (κ1) is 15.5. The highest BCUT2D eigenvalue weighted by atomic mass is 35.5. The zero-order valence-electron chi connectivity index (χ0n) is 12.9. The molecule has 3 nitrogen and oxygen atoms in total. The lowest BCUT2D eigenvalue weighted by atomic mass is 10.0. The maximum atomic E-state index is 6.21. The molecular formula is C16H25ClN2O. The fraction of sp³-hybridized carbons (Fsp3) is 0.625. The highest BCUT2D eigenvalue weighted by Crippen LogP contribution is 2.35. The van der Waals surface area contributed by atoms with E-state index in [1.807, 2.05) is 13.0 Å². The summed E-state index contributed by atoms with van der Waals surface area (Å²) in [7, 11) is 1.71. The van der Waals surface area contributed by atoms with Crippen molar-refractivity contribution in [3.8, 4) is 5.75 Å². The number of ether oxygens (including phenoxy) is 1. The van der Waals surface area contributed by atoms with Crippen LogP contribution in [-0.2, 0) is 0 Å². The van der Waals surface area contributed by atoms with Gasteiger partial charge in [0.25, 0.3) is 0 Å². The summed E-state index contributed by atoms with van der Waals surface area (Å²) in [6.07, 6.45) is 2.41. The maximum Gasteiger partial charge on any atom is 0.143 e. The Morgan fingerprint density at radius 1 is 1.45 bits per heavy atom. The third-order valence-electron chi connectivity index (χ3n) is 4.06. The molecule has 1 aliphatic rings. The average Bonchev–Trinajstić information content (AvgIpc) is 2.44. The molecule has 20 heavy (non-hydrogen) atoms. The average molecular weight is 297 g/mol. The smallest absolute Gasteiger partial charge is 0.143 e. The molecule has 0 radical (unpaired) electrons. The van der Waals surface area contributed by atoms with Crippen molar-refractivity contribution < 1.29 is 4.74 Å². The van der Waals surface area contributed by atoms with E-state index in [0.29, 0.717) is 12.1 Å². The van der Waals surface area contributed by atoms with Crippen LogP contribution in [-0.4, -0.2) is 32.3 Å². The first-order valence-corrected chi connectivity index (χ1v) is 7.78. The third-order valence-corrected chi connectivity index (χ3v) is 4.46. The molecule has 2 atom stereocenters. The van der Waals surface area contributed by atoms with Crippen LogP contribution in [0.25, 0.3) is 0 Å². The minimum Gasteiger partial charge on any atom is -0.495 e. The molecule has 112 valence electrons. The lowest BCUT2D eigenvalue weighted by molar-refractivity contribution is 0.375. The van der Waals surface area contributed by atoms with Gasteiger partial charge in [-0.3, -0.25) is 0 Å². The maximum absolute atomic E-state index is 6.21. The van der Waals surface area contributed by atoms with Crippen molar-refractivity contribution >= 4 is 17.3 Å². The first-order valence-electron chi connectivity index (χ1n) is 7.41. The van der Waals surface area contributed by atoms with E-state index >= 15 is 0 Å². The van der Waals surface area contributed by atoms with Gasteiger partial charge in [0.1, 0.15) is 5.75 Å². The number of nitrogens with zero attached hydrogens (tertiary/aromatic N) is 1. The van der Waals surface area contributed by atoms with Crippen LogP contribution in [0.4, 0.5) is 5.69 Å². The van der Waals surface area contributed by atoms with Crippen LogP contribution in [0.2, 0.25) is 5.02 Å². The largest absolute Gasteiger partial charge is 0.495 e. The molecule has 1 aliphatic heterocycles. The van der Waals surface area contributed by atoms with E-state index in [1.165, 1.54) is 12.8 Å². The topological polar surface area (TPSA) is 24.5 Å². The number of benzene rings is 1. The second-order valence-electron chi connectivity index (χ2n) is 5.67. The molecule has 0 bridgehead atoms. The Kier molecular flexibility index (Phi) is 5.17. The SMILES string of the molecule is CCCC1CN(c2cc(C)c(Cl)cc2OC)C(C)CN1. The molecule has 1 heterocycles. The predicted octanol–water partition coefficient (Wildman–Crippen LogP) is 3.62. The molecular weight excluding hydrogens is 272 g/mol. The van der Waals surface area contributed by atoms with E-state index in [-0.39, 0.29) is 0 Å². The summed E-state index contributed by atoms with van der Waals surface area (Å²) in [5.41, 5.74) is 2.25. The summed E-state index contributed by atoms with van der Waals surface area (Å²) in [4.78, 5) is 2.44.